The summed E-state index contributed by atoms with van der Waals surface area (Å²) in [6.45, 7) is 2.80. The summed E-state index contributed by atoms with van der Waals surface area (Å²) in [6.07, 6.45) is 1.34. The lowest BCUT2D eigenvalue weighted by atomic mass is 9.97. The Morgan fingerprint density at radius 3 is 2.67 bits per heavy atom. The third-order valence-electron chi connectivity index (χ3n) is 5.14. The van der Waals surface area contributed by atoms with Gasteiger partial charge in [-0.1, -0.05) is 18.2 Å². The quantitative estimate of drug-likeness (QED) is 0.775. The molecule has 138 valence electrons. The van der Waals surface area contributed by atoms with Crippen LogP contribution in [0.3, 0.4) is 0 Å². The molecule has 3 aromatic rings. The molecule has 4 rings (SSSR count). The van der Waals surface area contributed by atoms with Crippen molar-refractivity contribution in [2.24, 2.45) is 5.92 Å². The van der Waals surface area contributed by atoms with Crippen LogP contribution in [0.5, 0.6) is 0 Å². The van der Waals surface area contributed by atoms with E-state index >= 15 is 0 Å². The molecule has 1 N–H and O–H groups in total. The van der Waals surface area contributed by atoms with Gasteiger partial charge in [0, 0.05) is 24.3 Å². The summed E-state index contributed by atoms with van der Waals surface area (Å²) in [5.41, 5.74) is 3.27. The van der Waals surface area contributed by atoms with Gasteiger partial charge in [0.15, 0.2) is 0 Å². The maximum absolute atomic E-state index is 12.9. The second kappa shape index (κ2) is 6.87. The van der Waals surface area contributed by atoms with Crippen molar-refractivity contribution in [2.45, 2.75) is 19.8 Å². The summed E-state index contributed by atoms with van der Waals surface area (Å²) in [7, 11) is 0. The van der Waals surface area contributed by atoms with Crippen LogP contribution < -0.4 is 0 Å². The monoisotopic (exact) mass is 363 g/mol. The van der Waals surface area contributed by atoms with Gasteiger partial charge >= 0.3 is 5.97 Å². The van der Waals surface area contributed by atoms with Gasteiger partial charge in [0.1, 0.15) is 5.82 Å². The normalized spacial score (nSPS) is 17.2. The zero-order chi connectivity index (χ0) is 19.0. The highest BCUT2D eigenvalue weighted by molar-refractivity contribution is 5.98. The number of aliphatic carboxylic acids is 1. The van der Waals surface area contributed by atoms with Crippen molar-refractivity contribution < 1.29 is 14.7 Å². The number of nitrogens with zero attached hydrogens (tertiary/aromatic N) is 3. The Bertz CT molecular complexity index is 1010. The van der Waals surface area contributed by atoms with E-state index in [-0.39, 0.29) is 12.5 Å². The number of carboxylic acid groups (broad SMARTS) is 1. The van der Waals surface area contributed by atoms with Gasteiger partial charge in [0.2, 0.25) is 0 Å². The predicted octanol–water partition coefficient (Wildman–Crippen LogP) is 3.27. The van der Waals surface area contributed by atoms with Crippen LogP contribution in [0.4, 0.5) is 0 Å². The number of carboxylic acids is 1. The van der Waals surface area contributed by atoms with Gasteiger partial charge in [-0.3, -0.25) is 14.2 Å². The number of aryl methyl sites for hydroxylation is 1. The first-order chi connectivity index (χ1) is 13.0. The maximum Gasteiger partial charge on any atom is 0.308 e. The summed E-state index contributed by atoms with van der Waals surface area (Å²) < 4.78 is 2.06. The topological polar surface area (TPSA) is 75.4 Å². The number of para-hydroxylation sites is 1. The van der Waals surface area contributed by atoms with Crippen LogP contribution in [0.1, 0.15) is 29.0 Å². The maximum atomic E-state index is 12.9. The first-order valence-corrected chi connectivity index (χ1v) is 9.11. The Hall–Kier alpha value is -3.15. The molecule has 0 unspecified atom stereocenters. The highest BCUT2D eigenvalue weighted by Crippen LogP contribution is 2.24. The third kappa shape index (κ3) is 3.18. The highest BCUT2D eigenvalue weighted by Gasteiger charge is 2.28. The van der Waals surface area contributed by atoms with Crippen molar-refractivity contribution >= 4 is 22.9 Å². The molecule has 0 bridgehead atoms. The molecule has 0 radical (unpaired) electrons. The molecule has 6 heteroatoms. The minimum atomic E-state index is -0.833. The second-order valence-electron chi connectivity index (χ2n) is 6.96. The Labute approximate surface area is 157 Å². The molecule has 1 aliphatic rings. The van der Waals surface area contributed by atoms with Crippen molar-refractivity contribution in [1.29, 1.82) is 0 Å². The molecule has 1 atom stereocenters. The summed E-state index contributed by atoms with van der Waals surface area (Å²) in [6, 6.07) is 15.5. The van der Waals surface area contributed by atoms with E-state index in [4.69, 9.17) is 0 Å². The minimum Gasteiger partial charge on any atom is -0.481 e. The van der Waals surface area contributed by atoms with Gasteiger partial charge in [-0.25, -0.2) is 4.98 Å². The van der Waals surface area contributed by atoms with Crippen LogP contribution >= 0.6 is 0 Å². The minimum absolute atomic E-state index is 0.130. The van der Waals surface area contributed by atoms with Gasteiger partial charge in [0.25, 0.3) is 5.91 Å². The Kier molecular flexibility index (Phi) is 4.39. The van der Waals surface area contributed by atoms with Crippen LogP contribution in [0.15, 0.2) is 48.5 Å². The number of rotatable bonds is 3. The van der Waals surface area contributed by atoms with Gasteiger partial charge < -0.3 is 10.0 Å². The fourth-order valence-electron chi connectivity index (χ4n) is 3.78. The number of piperidine rings is 1. The molecule has 0 aliphatic carbocycles. The summed E-state index contributed by atoms with van der Waals surface area (Å²) in [4.78, 5) is 30.4. The van der Waals surface area contributed by atoms with Crippen molar-refractivity contribution in [1.82, 2.24) is 14.5 Å². The van der Waals surface area contributed by atoms with Crippen molar-refractivity contribution in [3.63, 3.8) is 0 Å². The van der Waals surface area contributed by atoms with E-state index in [1.807, 2.05) is 43.3 Å². The molecule has 1 aliphatic heterocycles. The van der Waals surface area contributed by atoms with E-state index in [1.165, 1.54) is 0 Å². The molecule has 2 heterocycles. The summed E-state index contributed by atoms with van der Waals surface area (Å²) in [5, 5.41) is 9.24. The lowest BCUT2D eigenvalue weighted by molar-refractivity contribution is -0.143. The fraction of sp³-hybridized carbons (Fsp3) is 0.286. The molecule has 6 nitrogen and oxygen atoms in total. The SMILES string of the molecule is Cc1nc2cc(C(=O)N3CCC[C@H](C(=O)O)C3)ccc2n1-c1ccccc1. The average Bonchev–Trinajstić information content (AvgIpc) is 3.03. The Morgan fingerprint density at radius 2 is 1.93 bits per heavy atom. The summed E-state index contributed by atoms with van der Waals surface area (Å²) in [5.74, 6) is -0.592. The lowest BCUT2D eigenvalue weighted by Gasteiger charge is -2.30. The molecular weight excluding hydrogens is 342 g/mol. The zero-order valence-electron chi connectivity index (χ0n) is 15.1. The second-order valence-corrected chi connectivity index (χ2v) is 6.96. The molecule has 1 aromatic heterocycles. The van der Waals surface area contributed by atoms with Crippen LogP contribution in [0, 0.1) is 12.8 Å². The van der Waals surface area contributed by atoms with Gasteiger partial charge in [0.05, 0.1) is 17.0 Å². The van der Waals surface area contributed by atoms with Gasteiger partial charge in [-0.15, -0.1) is 0 Å². The van der Waals surface area contributed by atoms with Crippen molar-refractivity contribution in [2.75, 3.05) is 13.1 Å². The third-order valence-corrected chi connectivity index (χ3v) is 5.14. The smallest absolute Gasteiger partial charge is 0.308 e. The zero-order valence-corrected chi connectivity index (χ0v) is 15.1. The van der Waals surface area contributed by atoms with E-state index in [0.717, 1.165) is 22.5 Å². The van der Waals surface area contributed by atoms with E-state index in [9.17, 15) is 14.7 Å². The van der Waals surface area contributed by atoms with E-state index in [1.54, 1.807) is 17.0 Å². The average molecular weight is 363 g/mol. The van der Waals surface area contributed by atoms with E-state index in [2.05, 4.69) is 9.55 Å². The largest absolute Gasteiger partial charge is 0.481 e. The Morgan fingerprint density at radius 1 is 1.15 bits per heavy atom. The number of amides is 1. The van der Waals surface area contributed by atoms with E-state index in [0.29, 0.717) is 24.9 Å². The van der Waals surface area contributed by atoms with E-state index < -0.39 is 11.9 Å². The highest BCUT2D eigenvalue weighted by atomic mass is 16.4. The van der Waals surface area contributed by atoms with Gasteiger partial charge in [-0.2, -0.15) is 0 Å². The van der Waals surface area contributed by atoms with Crippen LogP contribution in [-0.2, 0) is 4.79 Å². The Balaban J connectivity index is 1.66. The predicted molar refractivity (Wildman–Crippen MR) is 102 cm³/mol. The number of hydrogen-bond acceptors (Lipinski definition) is 3. The number of imidazole rings is 1. The van der Waals surface area contributed by atoms with Crippen molar-refractivity contribution in [3.8, 4) is 5.69 Å². The molecular formula is C21H21N3O3. The number of carbonyl (C=O) groups excluding carboxylic acids is 1. The summed E-state index contributed by atoms with van der Waals surface area (Å²) >= 11 is 0. The molecule has 0 saturated carbocycles. The molecule has 1 saturated heterocycles. The molecule has 1 fully saturated rings. The number of fused-ring (bicyclic) bond motifs is 1. The molecule has 27 heavy (non-hydrogen) atoms. The number of hydrogen-bond donors (Lipinski definition) is 1. The molecule has 2 aromatic carbocycles. The van der Waals surface area contributed by atoms with Gasteiger partial charge in [-0.05, 0) is 50.1 Å². The molecule has 0 spiro atoms. The molecule has 1 amide bonds. The standard InChI is InChI=1S/C21H21N3O3/c1-14-22-18-12-15(20(25)23-11-5-6-16(13-23)21(26)27)9-10-19(18)24(14)17-7-3-2-4-8-17/h2-4,7-10,12,16H,5-6,11,13H2,1H3,(H,26,27)/t16-/m0/s1. The van der Waals surface area contributed by atoms with Crippen LogP contribution in [0.25, 0.3) is 16.7 Å². The fourth-order valence-corrected chi connectivity index (χ4v) is 3.78. The number of likely N-dealkylation sites (tertiary alicyclic amines) is 1. The first kappa shape index (κ1) is 17.3. The number of aromatic nitrogens is 2. The lowest BCUT2D eigenvalue weighted by Crippen LogP contribution is -2.42. The van der Waals surface area contributed by atoms with Crippen LogP contribution in [0.2, 0.25) is 0 Å². The first-order valence-electron chi connectivity index (χ1n) is 9.11. The van der Waals surface area contributed by atoms with Crippen molar-refractivity contribution in [3.05, 3.63) is 59.9 Å². The number of benzene rings is 2. The van der Waals surface area contributed by atoms with Crippen LogP contribution in [-0.4, -0.2) is 44.5 Å². The number of carbonyl (C=O) groups is 2.